The number of nitrogens with zero attached hydrogens (tertiary/aromatic N) is 4. The summed E-state index contributed by atoms with van der Waals surface area (Å²) in [5.74, 6) is 0. The Morgan fingerprint density at radius 1 is 0.778 bits per heavy atom. The van der Waals surface area contributed by atoms with Crippen LogP contribution < -0.4 is 0 Å². The van der Waals surface area contributed by atoms with Gasteiger partial charge >= 0.3 is 0 Å². The van der Waals surface area contributed by atoms with E-state index in [-0.39, 0.29) is 0 Å². The van der Waals surface area contributed by atoms with E-state index in [4.69, 9.17) is 0 Å². The van der Waals surface area contributed by atoms with Crippen molar-refractivity contribution in [3.63, 3.8) is 0 Å². The minimum atomic E-state index is 0.748. The molecule has 0 aromatic heterocycles. The first-order valence-electron chi connectivity index (χ1n) is 7.48. The van der Waals surface area contributed by atoms with Crippen molar-refractivity contribution in [1.29, 1.82) is 0 Å². The van der Waals surface area contributed by atoms with Crippen molar-refractivity contribution in [1.82, 2.24) is 19.6 Å². The maximum absolute atomic E-state index is 2.66. The average Bonchev–Trinajstić information content (AvgIpc) is 2.38. The topological polar surface area (TPSA) is 13.0 Å². The molecule has 0 amide bonds. The van der Waals surface area contributed by atoms with Crippen molar-refractivity contribution in [2.45, 2.75) is 19.4 Å². The number of hydrogen-bond acceptors (Lipinski definition) is 4. The predicted molar refractivity (Wildman–Crippen MR) is 77.1 cm³/mol. The van der Waals surface area contributed by atoms with Gasteiger partial charge in [0.05, 0.1) is 0 Å². The van der Waals surface area contributed by atoms with Gasteiger partial charge in [-0.3, -0.25) is 4.90 Å². The average molecular weight is 254 g/mol. The highest BCUT2D eigenvalue weighted by atomic mass is 15.3. The van der Waals surface area contributed by atoms with Gasteiger partial charge in [0.1, 0.15) is 0 Å². The van der Waals surface area contributed by atoms with Crippen LogP contribution in [0.2, 0.25) is 0 Å². The Balaban J connectivity index is 1.63. The summed E-state index contributed by atoms with van der Waals surface area (Å²) >= 11 is 0. The Morgan fingerprint density at radius 3 is 1.83 bits per heavy atom. The third-order valence-electron chi connectivity index (χ3n) is 4.62. The highest BCUT2D eigenvalue weighted by Crippen LogP contribution is 2.09. The van der Waals surface area contributed by atoms with Gasteiger partial charge in [-0.25, -0.2) is 0 Å². The van der Waals surface area contributed by atoms with E-state index in [0.717, 1.165) is 6.04 Å². The van der Waals surface area contributed by atoms with E-state index in [1.807, 2.05) is 0 Å². The summed E-state index contributed by atoms with van der Waals surface area (Å²) in [5.41, 5.74) is 0. The molecule has 0 radical (unpaired) electrons. The van der Waals surface area contributed by atoms with Gasteiger partial charge < -0.3 is 14.7 Å². The standard InChI is InChI=1S/C14H30N4/c1-14(18-12-8-16(3)9-13-18)4-5-17-10-6-15(2)7-11-17/h14H,4-13H2,1-3H3. The van der Waals surface area contributed by atoms with Crippen molar-refractivity contribution < 1.29 is 0 Å². The lowest BCUT2D eigenvalue weighted by atomic mass is 10.1. The Morgan fingerprint density at radius 2 is 1.28 bits per heavy atom. The smallest absolute Gasteiger partial charge is 0.0113 e. The molecule has 4 heteroatoms. The fourth-order valence-electron chi connectivity index (χ4n) is 2.89. The summed E-state index contributed by atoms with van der Waals surface area (Å²) < 4.78 is 0. The molecule has 0 N–H and O–H groups in total. The van der Waals surface area contributed by atoms with Crippen molar-refractivity contribution >= 4 is 0 Å². The van der Waals surface area contributed by atoms with E-state index in [9.17, 15) is 0 Å². The van der Waals surface area contributed by atoms with Gasteiger partial charge in [-0.15, -0.1) is 0 Å². The number of likely N-dealkylation sites (N-methyl/N-ethyl adjacent to an activating group) is 2. The van der Waals surface area contributed by atoms with Gasteiger partial charge in [-0.05, 0) is 34.0 Å². The molecule has 2 heterocycles. The third-order valence-corrected chi connectivity index (χ3v) is 4.62. The zero-order valence-electron chi connectivity index (χ0n) is 12.4. The van der Waals surface area contributed by atoms with E-state index in [0.29, 0.717) is 0 Å². The molecule has 18 heavy (non-hydrogen) atoms. The molecular formula is C14H30N4. The first-order valence-corrected chi connectivity index (χ1v) is 7.48. The minimum absolute atomic E-state index is 0.748. The molecular weight excluding hydrogens is 224 g/mol. The largest absolute Gasteiger partial charge is 0.304 e. The van der Waals surface area contributed by atoms with Gasteiger partial charge in [-0.2, -0.15) is 0 Å². The van der Waals surface area contributed by atoms with Crippen molar-refractivity contribution in [2.24, 2.45) is 0 Å². The monoisotopic (exact) mass is 254 g/mol. The van der Waals surface area contributed by atoms with Crippen molar-refractivity contribution in [3.05, 3.63) is 0 Å². The highest BCUT2D eigenvalue weighted by Gasteiger charge is 2.20. The number of hydrogen-bond donors (Lipinski definition) is 0. The van der Waals surface area contributed by atoms with E-state index in [1.165, 1.54) is 65.3 Å². The van der Waals surface area contributed by atoms with Crippen LogP contribution in [0.3, 0.4) is 0 Å². The van der Waals surface area contributed by atoms with Gasteiger partial charge in [0.25, 0.3) is 0 Å². The van der Waals surface area contributed by atoms with Crippen LogP contribution in [0.25, 0.3) is 0 Å². The molecule has 0 aliphatic carbocycles. The van der Waals surface area contributed by atoms with E-state index in [2.05, 4.69) is 40.6 Å². The number of rotatable bonds is 4. The lowest BCUT2D eigenvalue weighted by Crippen LogP contribution is -2.50. The Bertz CT molecular complexity index is 230. The van der Waals surface area contributed by atoms with Gasteiger partial charge in [0.15, 0.2) is 0 Å². The molecule has 0 aromatic carbocycles. The third kappa shape index (κ3) is 4.19. The summed E-state index contributed by atoms with van der Waals surface area (Å²) in [6, 6.07) is 0.748. The maximum Gasteiger partial charge on any atom is 0.0113 e. The van der Waals surface area contributed by atoms with Crippen LogP contribution in [0.5, 0.6) is 0 Å². The zero-order valence-corrected chi connectivity index (χ0v) is 12.4. The van der Waals surface area contributed by atoms with Gasteiger partial charge in [0, 0.05) is 58.4 Å². The van der Waals surface area contributed by atoms with Crippen LogP contribution in [0.4, 0.5) is 0 Å². The summed E-state index contributed by atoms with van der Waals surface area (Å²) in [7, 11) is 4.45. The van der Waals surface area contributed by atoms with Gasteiger partial charge in [-0.1, -0.05) is 0 Å². The second-order valence-electron chi connectivity index (χ2n) is 6.12. The maximum atomic E-state index is 2.66. The molecule has 0 spiro atoms. The first kappa shape index (κ1) is 14.3. The summed E-state index contributed by atoms with van der Waals surface area (Å²) in [6.07, 6.45) is 1.33. The quantitative estimate of drug-likeness (QED) is 0.713. The summed E-state index contributed by atoms with van der Waals surface area (Å²) in [4.78, 5) is 10.2. The zero-order chi connectivity index (χ0) is 13.0. The molecule has 2 saturated heterocycles. The van der Waals surface area contributed by atoms with E-state index < -0.39 is 0 Å². The number of piperazine rings is 2. The van der Waals surface area contributed by atoms with Gasteiger partial charge in [0.2, 0.25) is 0 Å². The molecule has 1 atom stereocenters. The summed E-state index contributed by atoms with van der Waals surface area (Å²) in [5, 5.41) is 0. The molecule has 1 unspecified atom stereocenters. The second-order valence-corrected chi connectivity index (χ2v) is 6.12. The fourth-order valence-corrected chi connectivity index (χ4v) is 2.89. The van der Waals surface area contributed by atoms with Crippen LogP contribution in [0, 0.1) is 0 Å². The molecule has 2 fully saturated rings. The molecule has 4 nitrogen and oxygen atoms in total. The molecule has 106 valence electrons. The van der Waals surface area contributed by atoms with Crippen LogP contribution in [-0.4, -0.2) is 98.6 Å². The Kier molecular flexibility index (Phi) is 5.42. The SMILES string of the molecule is CC(CCN1CCN(C)CC1)N1CCN(C)CC1. The summed E-state index contributed by atoms with van der Waals surface area (Å²) in [6.45, 7) is 13.6. The molecule has 0 bridgehead atoms. The van der Waals surface area contributed by atoms with E-state index in [1.54, 1.807) is 0 Å². The fraction of sp³-hybridized carbons (Fsp3) is 1.00. The molecule has 2 aliphatic heterocycles. The molecule has 0 aromatic rings. The predicted octanol–water partition coefficient (Wildman–Crippen LogP) is 0.260. The lowest BCUT2D eigenvalue weighted by Gasteiger charge is -2.38. The molecule has 0 saturated carbocycles. The second kappa shape index (κ2) is 6.85. The minimum Gasteiger partial charge on any atom is -0.304 e. The van der Waals surface area contributed by atoms with Crippen molar-refractivity contribution in [3.8, 4) is 0 Å². The van der Waals surface area contributed by atoms with Crippen LogP contribution >= 0.6 is 0 Å². The normalized spacial score (nSPS) is 27.5. The Hall–Kier alpha value is -0.160. The van der Waals surface area contributed by atoms with Crippen LogP contribution in [-0.2, 0) is 0 Å². The lowest BCUT2D eigenvalue weighted by molar-refractivity contribution is 0.0972. The molecule has 2 rings (SSSR count). The van der Waals surface area contributed by atoms with Crippen LogP contribution in [0.15, 0.2) is 0 Å². The van der Waals surface area contributed by atoms with Crippen LogP contribution in [0.1, 0.15) is 13.3 Å². The van der Waals surface area contributed by atoms with Crippen molar-refractivity contribution in [2.75, 3.05) is 73.0 Å². The Labute approximate surface area is 113 Å². The molecule has 2 aliphatic rings. The van der Waals surface area contributed by atoms with E-state index >= 15 is 0 Å². The first-order chi connectivity index (χ1) is 8.65. The highest BCUT2D eigenvalue weighted by molar-refractivity contribution is 4.77.